The Balaban J connectivity index is 2.08. The second-order valence-corrected chi connectivity index (χ2v) is 7.81. The van der Waals surface area contributed by atoms with Gasteiger partial charge in [0, 0.05) is 17.7 Å². The molecule has 0 bridgehead atoms. The van der Waals surface area contributed by atoms with Crippen LogP contribution in [0.5, 0.6) is 0 Å². The fraction of sp³-hybridized carbons (Fsp3) is 0.450. The third kappa shape index (κ3) is 5.72. The van der Waals surface area contributed by atoms with E-state index in [1.807, 2.05) is 30.3 Å². The van der Waals surface area contributed by atoms with Gasteiger partial charge in [0.05, 0.1) is 6.04 Å². The highest BCUT2D eigenvalue weighted by Crippen LogP contribution is 2.29. The standard InChI is InChI=1S/C20H27N3O3/c1-13-15(18(25)23-19(26)21-13)10-11-17(24)22-16(12-20(2,3)4)14-8-6-5-7-9-14/h5-9,16H,10-12H2,1-4H3,(H,22,24)(H2,21,23,25,26). The molecule has 0 radical (unpaired) electrons. The molecule has 0 aliphatic rings. The third-order valence-electron chi connectivity index (χ3n) is 4.21. The zero-order valence-corrected chi connectivity index (χ0v) is 15.8. The minimum Gasteiger partial charge on any atom is -0.349 e. The molecule has 1 atom stereocenters. The van der Waals surface area contributed by atoms with Crippen molar-refractivity contribution >= 4 is 5.91 Å². The highest BCUT2D eigenvalue weighted by molar-refractivity contribution is 5.76. The number of hydrogen-bond acceptors (Lipinski definition) is 3. The van der Waals surface area contributed by atoms with E-state index in [4.69, 9.17) is 0 Å². The Hall–Kier alpha value is -2.63. The fourth-order valence-corrected chi connectivity index (χ4v) is 2.98. The van der Waals surface area contributed by atoms with Gasteiger partial charge in [-0.1, -0.05) is 51.1 Å². The van der Waals surface area contributed by atoms with Gasteiger partial charge in [-0.3, -0.25) is 14.6 Å². The zero-order valence-electron chi connectivity index (χ0n) is 15.8. The lowest BCUT2D eigenvalue weighted by atomic mass is 9.85. The van der Waals surface area contributed by atoms with Crippen molar-refractivity contribution in [1.82, 2.24) is 15.3 Å². The van der Waals surface area contributed by atoms with E-state index in [1.54, 1.807) is 6.92 Å². The van der Waals surface area contributed by atoms with Gasteiger partial charge >= 0.3 is 5.69 Å². The Bertz CT molecular complexity index is 860. The van der Waals surface area contributed by atoms with Crippen molar-refractivity contribution in [1.29, 1.82) is 0 Å². The van der Waals surface area contributed by atoms with Crippen LogP contribution in [0, 0.1) is 12.3 Å². The van der Waals surface area contributed by atoms with Gasteiger partial charge in [0.15, 0.2) is 0 Å². The SMILES string of the molecule is Cc1[nH]c(=O)[nH]c(=O)c1CCC(=O)NC(CC(C)(C)C)c1ccccc1. The fourth-order valence-electron chi connectivity index (χ4n) is 2.98. The van der Waals surface area contributed by atoms with Crippen molar-refractivity contribution in [2.45, 2.75) is 53.0 Å². The summed E-state index contributed by atoms with van der Waals surface area (Å²) >= 11 is 0. The van der Waals surface area contributed by atoms with Crippen LogP contribution < -0.4 is 16.6 Å². The molecule has 1 amide bonds. The maximum absolute atomic E-state index is 12.5. The zero-order chi connectivity index (χ0) is 19.3. The molecule has 1 aromatic carbocycles. The molecule has 2 aromatic rings. The van der Waals surface area contributed by atoms with E-state index in [2.05, 4.69) is 36.1 Å². The van der Waals surface area contributed by atoms with E-state index < -0.39 is 11.2 Å². The van der Waals surface area contributed by atoms with Crippen molar-refractivity contribution in [2.24, 2.45) is 5.41 Å². The van der Waals surface area contributed by atoms with Gasteiger partial charge in [0.2, 0.25) is 5.91 Å². The monoisotopic (exact) mass is 357 g/mol. The van der Waals surface area contributed by atoms with Gasteiger partial charge in [-0.05, 0) is 30.7 Å². The first-order valence-corrected chi connectivity index (χ1v) is 8.82. The van der Waals surface area contributed by atoms with E-state index in [0.717, 1.165) is 12.0 Å². The van der Waals surface area contributed by atoms with Gasteiger partial charge in [0.25, 0.3) is 5.56 Å². The van der Waals surface area contributed by atoms with Crippen molar-refractivity contribution in [3.05, 3.63) is 68.0 Å². The summed E-state index contributed by atoms with van der Waals surface area (Å²) in [5.41, 5.74) is 1.09. The van der Waals surface area contributed by atoms with Crippen LogP contribution in [0.15, 0.2) is 39.9 Å². The molecule has 1 aromatic heterocycles. The normalized spacial score (nSPS) is 12.6. The van der Waals surface area contributed by atoms with Crippen LogP contribution >= 0.6 is 0 Å². The molecule has 26 heavy (non-hydrogen) atoms. The van der Waals surface area contributed by atoms with Crippen LogP contribution in [-0.4, -0.2) is 15.9 Å². The molecule has 1 unspecified atom stereocenters. The molecule has 6 nitrogen and oxygen atoms in total. The molecular weight excluding hydrogens is 330 g/mol. The number of H-pyrrole nitrogens is 2. The smallest absolute Gasteiger partial charge is 0.325 e. The van der Waals surface area contributed by atoms with Gasteiger partial charge in [-0.2, -0.15) is 0 Å². The summed E-state index contributed by atoms with van der Waals surface area (Å²) in [6, 6.07) is 9.80. The van der Waals surface area contributed by atoms with Crippen molar-refractivity contribution in [3.8, 4) is 0 Å². The Kier molecular flexibility index (Phi) is 6.18. The van der Waals surface area contributed by atoms with Crippen LogP contribution in [0.25, 0.3) is 0 Å². The van der Waals surface area contributed by atoms with Crippen LogP contribution in [0.2, 0.25) is 0 Å². The number of aryl methyl sites for hydroxylation is 1. The topological polar surface area (TPSA) is 94.8 Å². The number of nitrogens with one attached hydrogen (secondary N) is 3. The predicted octanol–water partition coefficient (Wildman–Crippen LogP) is 2.60. The van der Waals surface area contributed by atoms with E-state index in [0.29, 0.717) is 11.3 Å². The summed E-state index contributed by atoms with van der Waals surface area (Å²) in [7, 11) is 0. The molecule has 3 N–H and O–H groups in total. The molecular formula is C20H27N3O3. The lowest BCUT2D eigenvalue weighted by molar-refractivity contribution is -0.122. The van der Waals surface area contributed by atoms with Crippen molar-refractivity contribution < 1.29 is 4.79 Å². The number of benzene rings is 1. The summed E-state index contributed by atoms with van der Waals surface area (Å²) in [5.74, 6) is -0.117. The Morgan fingerprint density at radius 2 is 1.77 bits per heavy atom. The number of carbonyl (C=O) groups is 1. The number of rotatable bonds is 6. The second kappa shape index (κ2) is 8.17. The first kappa shape index (κ1) is 19.7. The van der Waals surface area contributed by atoms with Crippen LogP contribution in [-0.2, 0) is 11.2 Å². The molecule has 0 saturated carbocycles. The molecule has 0 spiro atoms. The van der Waals surface area contributed by atoms with Gasteiger partial charge in [0.1, 0.15) is 0 Å². The highest BCUT2D eigenvalue weighted by Gasteiger charge is 2.22. The molecule has 2 rings (SSSR count). The van der Waals surface area contributed by atoms with Crippen LogP contribution in [0.3, 0.4) is 0 Å². The molecule has 0 saturated heterocycles. The average Bonchev–Trinajstić information content (AvgIpc) is 2.52. The van der Waals surface area contributed by atoms with E-state index in [-0.39, 0.29) is 30.2 Å². The van der Waals surface area contributed by atoms with Crippen molar-refractivity contribution in [3.63, 3.8) is 0 Å². The highest BCUT2D eigenvalue weighted by atomic mass is 16.2. The van der Waals surface area contributed by atoms with Crippen molar-refractivity contribution in [2.75, 3.05) is 0 Å². The molecule has 140 valence electrons. The van der Waals surface area contributed by atoms with Crippen LogP contribution in [0.4, 0.5) is 0 Å². The molecule has 0 fully saturated rings. The van der Waals surface area contributed by atoms with Crippen LogP contribution in [0.1, 0.15) is 56.5 Å². The summed E-state index contributed by atoms with van der Waals surface area (Å²) in [5, 5.41) is 3.09. The lowest BCUT2D eigenvalue weighted by Crippen LogP contribution is -2.32. The molecule has 0 aliphatic heterocycles. The Labute approximate surface area is 153 Å². The predicted molar refractivity (Wildman–Crippen MR) is 102 cm³/mol. The molecule has 1 heterocycles. The molecule has 6 heteroatoms. The van der Waals surface area contributed by atoms with E-state index >= 15 is 0 Å². The van der Waals surface area contributed by atoms with Gasteiger partial charge < -0.3 is 10.3 Å². The number of aromatic amines is 2. The summed E-state index contributed by atoms with van der Waals surface area (Å²) in [6.07, 6.45) is 1.27. The summed E-state index contributed by atoms with van der Waals surface area (Å²) in [4.78, 5) is 40.4. The minimum atomic E-state index is -0.532. The maximum atomic E-state index is 12.5. The first-order valence-electron chi connectivity index (χ1n) is 8.82. The van der Waals surface area contributed by atoms with E-state index in [1.165, 1.54) is 0 Å². The second-order valence-electron chi connectivity index (χ2n) is 7.81. The summed E-state index contributed by atoms with van der Waals surface area (Å²) in [6.45, 7) is 8.07. The minimum absolute atomic E-state index is 0.0560. The number of amides is 1. The largest absolute Gasteiger partial charge is 0.349 e. The number of hydrogen-bond donors (Lipinski definition) is 3. The van der Waals surface area contributed by atoms with E-state index in [9.17, 15) is 14.4 Å². The number of carbonyl (C=O) groups excluding carboxylic acids is 1. The third-order valence-corrected chi connectivity index (χ3v) is 4.21. The van der Waals surface area contributed by atoms with Gasteiger partial charge in [-0.25, -0.2) is 4.79 Å². The first-order chi connectivity index (χ1) is 12.2. The lowest BCUT2D eigenvalue weighted by Gasteiger charge is -2.27. The maximum Gasteiger partial charge on any atom is 0.325 e. The number of aromatic nitrogens is 2. The summed E-state index contributed by atoms with van der Waals surface area (Å²) < 4.78 is 0. The average molecular weight is 357 g/mol. The quantitative estimate of drug-likeness (QED) is 0.741. The Morgan fingerprint density at radius 3 is 2.35 bits per heavy atom. The molecule has 0 aliphatic carbocycles. The Morgan fingerprint density at radius 1 is 1.12 bits per heavy atom. The van der Waals surface area contributed by atoms with Gasteiger partial charge in [-0.15, -0.1) is 0 Å².